The van der Waals surface area contributed by atoms with Gasteiger partial charge in [-0.25, -0.2) is 0 Å². The predicted octanol–water partition coefficient (Wildman–Crippen LogP) is 2.05. The van der Waals surface area contributed by atoms with E-state index < -0.39 is 5.60 Å². The van der Waals surface area contributed by atoms with Crippen LogP contribution in [-0.2, 0) is 9.53 Å². The maximum Gasteiger partial charge on any atom is 0.302 e. The molecule has 3 nitrogen and oxygen atoms in total. The third-order valence-corrected chi connectivity index (χ3v) is 3.30. The molecule has 15 heavy (non-hydrogen) atoms. The monoisotopic (exact) mass is 212 g/mol. The fraction of sp³-hybridized carbons (Fsp3) is 0.750. The molecule has 1 fully saturated rings. The van der Waals surface area contributed by atoms with Crippen LogP contribution >= 0.6 is 0 Å². The van der Waals surface area contributed by atoms with E-state index in [4.69, 9.17) is 4.74 Å². The second kappa shape index (κ2) is 4.35. The highest BCUT2D eigenvalue weighted by atomic mass is 16.5. The smallest absolute Gasteiger partial charge is 0.302 e. The Labute approximate surface area is 91.1 Å². The lowest BCUT2D eigenvalue weighted by Crippen LogP contribution is -2.43. The molecule has 1 aliphatic rings. The number of rotatable bonds is 2. The fourth-order valence-electron chi connectivity index (χ4n) is 2.05. The van der Waals surface area contributed by atoms with E-state index in [9.17, 15) is 9.90 Å². The van der Waals surface area contributed by atoms with Crippen LogP contribution in [0, 0.1) is 5.92 Å². The SMILES string of the molecule is C=C(C)[C@@]1(O)CC[C@@H](C)[C@@H](OC(C)=O)C1. The zero-order valence-electron chi connectivity index (χ0n) is 9.75. The number of hydrogen-bond acceptors (Lipinski definition) is 3. The first kappa shape index (κ1) is 12.2. The molecule has 86 valence electrons. The van der Waals surface area contributed by atoms with E-state index in [1.54, 1.807) is 0 Å². The standard InChI is InChI=1S/C12H20O3/c1-8(2)12(14)6-5-9(3)11(7-12)15-10(4)13/h9,11,14H,1,5-7H2,2-4H3/t9-,11+,12-/m1/s1. The second-order valence-corrected chi connectivity index (χ2v) is 4.68. The van der Waals surface area contributed by atoms with E-state index in [1.807, 2.05) is 13.8 Å². The van der Waals surface area contributed by atoms with Gasteiger partial charge in [-0.15, -0.1) is 0 Å². The quantitative estimate of drug-likeness (QED) is 0.563. The van der Waals surface area contributed by atoms with E-state index in [2.05, 4.69) is 6.58 Å². The normalized spacial score (nSPS) is 36.0. The summed E-state index contributed by atoms with van der Waals surface area (Å²) in [5.74, 6) is 0.0336. The van der Waals surface area contributed by atoms with Gasteiger partial charge < -0.3 is 9.84 Å². The van der Waals surface area contributed by atoms with Crippen LogP contribution in [0.25, 0.3) is 0 Å². The zero-order valence-corrected chi connectivity index (χ0v) is 9.75. The Balaban J connectivity index is 2.71. The molecule has 0 spiro atoms. The van der Waals surface area contributed by atoms with Crippen molar-refractivity contribution in [1.82, 2.24) is 0 Å². The van der Waals surface area contributed by atoms with Crippen LogP contribution in [0.1, 0.15) is 40.0 Å². The Morgan fingerprint density at radius 3 is 2.60 bits per heavy atom. The lowest BCUT2D eigenvalue weighted by Gasteiger charge is -2.40. The van der Waals surface area contributed by atoms with Gasteiger partial charge in [0.15, 0.2) is 0 Å². The Kier molecular flexibility index (Phi) is 3.55. The first-order chi connectivity index (χ1) is 6.85. The molecule has 3 atom stereocenters. The van der Waals surface area contributed by atoms with Gasteiger partial charge in [-0.2, -0.15) is 0 Å². The Bertz CT molecular complexity index is 272. The minimum atomic E-state index is -0.855. The molecule has 0 aromatic carbocycles. The van der Waals surface area contributed by atoms with Crippen LogP contribution in [0.3, 0.4) is 0 Å². The Hall–Kier alpha value is -0.830. The summed E-state index contributed by atoms with van der Waals surface area (Å²) in [6.45, 7) is 9.07. The molecule has 0 aliphatic heterocycles. The largest absolute Gasteiger partial charge is 0.462 e. The van der Waals surface area contributed by atoms with Gasteiger partial charge in [-0.3, -0.25) is 4.79 Å². The number of hydrogen-bond donors (Lipinski definition) is 1. The van der Waals surface area contributed by atoms with Crippen molar-refractivity contribution in [3.8, 4) is 0 Å². The predicted molar refractivity (Wildman–Crippen MR) is 58.3 cm³/mol. The topological polar surface area (TPSA) is 46.5 Å². The van der Waals surface area contributed by atoms with Crippen molar-refractivity contribution in [3.63, 3.8) is 0 Å². The molecule has 0 radical (unpaired) electrons. The summed E-state index contributed by atoms with van der Waals surface area (Å²) in [6.07, 6.45) is 1.86. The van der Waals surface area contributed by atoms with Crippen molar-refractivity contribution in [1.29, 1.82) is 0 Å². The van der Waals surface area contributed by atoms with E-state index in [1.165, 1.54) is 6.92 Å². The number of carbonyl (C=O) groups is 1. The summed E-state index contributed by atoms with van der Waals surface area (Å²) in [5.41, 5.74) is -0.0985. The molecule has 0 bridgehead atoms. The molecule has 0 saturated heterocycles. The molecule has 1 N–H and O–H groups in total. The average molecular weight is 212 g/mol. The fourth-order valence-corrected chi connectivity index (χ4v) is 2.05. The van der Waals surface area contributed by atoms with Gasteiger partial charge in [-0.1, -0.05) is 13.5 Å². The molecule has 0 aromatic heterocycles. The first-order valence-electron chi connectivity index (χ1n) is 5.41. The van der Waals surface area contributed by atoms with Gasteiger partial charge in [0.05, 0.1) is 5.60 Å². The highest BCUT2D eigenvalue weighted by molar-refractivity contribution is 5.66. The van der Waals surface area contributed by atoms with E-state index in [-0.39, 0.29) is 12.1 Å². The molecule has 1 aliphatic carbocycles. The molecule has 3 heteroatoms. The van der Waals surface area contributed by atoms with Crippen molar-refractivity contribution in [2.45, 2.75) is 51.7 Å². The van der Waals surface area contributed by atoms with E-state index >= 15 is 0 Å². The zero-order chi connectivity index (χ0) is 11.6. The first-order valence-corrected chi connectivity index (χ1v) is 5.41. The van der Waals surface area contributed by atoms with E-state index in [0.29, 0.717) is 18.8 Å². The van der Waals surface area contributed by atoms with Gasteiger partial charge in [0.25, 0.3) is 0 Å². The molecule has 1 saturated carbocycles. The highest BCUT2D eigenvalue weighted by Crippen LogP contribution is 2.37. The Morgan fingerprint density at radius 1 is 1.53 bits per heavy atom. The molecular formula is C12H20O3. The molecular weight excluding hydrogens is 192 g/mol. The molecule has 0 aromatic rings. The third kappa shape index (κ3) is 2.81. The summed E-state index contributed by atoms with van der Waals surface area (Å²) in [6, 6.07) is 0. The van der Waals surface area contributed by atoms with Crippen LogP contribution in [0.15, 0.2) is 12.2 Å². The van der Waals surface area contributed by atoms with Crippen LogP contribution < -0.4 is 0 Å². The number of ether oxygens (including phenoxy) is 1. The van der Waals surface area contributed by atoms with Crippen molar-refractivity contribution < 1.29 is 14.6 Å². The second-order valence-electron chi connectivity index (χ2n) is 4.68. The third-order valence-electron chi connectivity index (χ3n) is 3.30. The highest BCUT2D eigenvalue weighted by Gasteiger charge is 2.39. The van der Waals surface area contributed by atoms with Gasteiger partial charge >= 0.3 is 5.97 Å². The number of esters is 1. The Morgan fingerprint density at radius 2 is 2.13 bits per heavy atom. The van der Waals surface area contributed by atoms with Gasteiger partial charge in [0.2, 0.25) is 0 Å². The van der Waals surface area contributed by atoms with E-state index in [0.717, 1.165) is 12.0 Å². The van der Waals surface area contributed by atoms with Gasteiger partial charge in [0, 0.05) is 13.3 Å². The van der Waals surface area contributed by atoms with Crippen molar-refractivity contribution in [2.75, 3.05) is 0 Å². The van der Waals surface area contributed by atoms with Crippen LogP contribution in [0.4, 0.5) is 0 Å². The maximum atomic E-state index is 10.9. The van der Waals surface area contributed by atoms with Gasteiger partial charge in [0.1, 0.15) is 6.10 Å². The lowest BCUT2D eigenvalue weighted by molar-refractivity contribution is -0.155. The molecule has 0 amide bonds. The van der Waals surface area contributed by atoms with Crippen LogP contribution in [-0.4, -0.2) is 22.8 Å². The minimum absolute atomic E-state index is 0.182. The number of aliphatic hydroxyl groups is 1. The summed E-state index contributed by atoms with van der Waals surface area (Å²) >= 11 is 0. The van der Waals surface area contributed by atoms with Crippen LogP contribution in [0.2, 0.25) is 0 Å². The summed E-state index contributed by atoms with van der Waals surface area (Å²) in [7, 11) is 0. The molecule has 1 rings (SSSR count). The van der Waals surface area contributed by atoms with Crippen molar-refractivity contribution in [2.24, 2.45) is 5.92 Å². The summed E-state index contributed by atoms with van der Waals surface area (Å²) in [5, 5.41) is 10.3. The molecule has 0 heterocycles. The average Bonchev–Trinajstić information content (AvgIpc) is 2.10. The lowest BCUT2D eigenvalue weighted by atomic mass is 9.74. The van der Waals surface area contributed by atoms with Crippen LogP contribution in [0.5, 0.6) is 0 Å². The molecule has 0 unspecified atom stereocenters. The minimum Gasteiger partial charge on any atom is -0.462 e. The maximum absolute atomic E-state index is 10.9. The summed E-state index contributed by atoms with van der Waals surface area (Å²) in [4.78, 5) is 10.9. The number of carbonyl (C=O) groups excluding carboxylic acids is 1. The van der Waals surface area contributed by atoms with Crippen molar-refractivity contribution in [3.05, 3.63) is 12.2 Å². The van der Waals surface area contributed by atoms with Crippen molar-refractivity contribution >= 4 is 5.97 Å². The summed E-state index contributed by atoms with van der Waals surface area (Å²) < 4.78 is 5.21. The van der Waals surface area contributed by atoms with Gasteiger partial charge in [-0.05, 0) is 31.3 Å².